The van der Waals surface area contributed by atoms with Gasteiger partial charge in [-0.15, -0.1) is 0 Å². The van der Waals surface area contributed by atoms with Crippen LogP contribution in [-0.2, 0) is 0 Å². The molecule has 0 saturated carbocycles. The lowest BCUT2D eigenvalue weighted by Gasteiger charge is -1.95. The van der Waals surface area contributed by atoms with Crippen LogP contribution in [0.2, 0.25) is 0 Å². The molecule has 0 bridgehead atoms. The number of hydrogen-bond acceptors (Lipinski definition) is 2. The summed E-state index contributed by atoms with van der Waals surface area (Å²) >= 11 is 0. The van der Waals surface area contributed by atoms with Gasteiger partial charge in [0.15, 0.2) is 6.40 Å². The van der Waals surface area contributed by atoms with E-state index in [1.54, 1.807) is 0 Å². The fourth-order valence-corrected chi connectivity index (χ4v) is 0.581. The summed E-state index contributed by atoms with van der Waals surface area (Å²) in [5.41, 5.74) is 0. The molecule has 0 radical (unpaired) electrons. The van der Waals surface area contributed by atoms with E-state index in [0.717, 1.165) is 6.40 Å². The van der Waals surface area contributed by atoms with Crippen LogP contribution in [0.1, 0.15) is 0 Å². The molecule has 3 heteroatoms. The second-order valence-corrected chi connectivity index (χ2v) is 1.69. The maximum atomic E-state index is 12.2. The Morgan fingerprint density at radius 3 is 2.40 bits per heavy atom. The van der Waals surface area contributed by atoms with Gasteiger partial charge in [0.2, 0.25) is 0 Å². The molecule has 1 aromatic rings. The minimum absolute atomic E-state index is 0.308. The van der Waals surface area contributed by atoms with Crippen molar-refractivity contribution in [2.24, 2.45) is 0 Å². The summed E-state index contributed by atoms with van der Waals surface area (Å²) in [6, 6.07) is 5.47. The van der Waals surface area contributed by atoms with Crippen molar-refractivity contribution in [3.63, 3.8) is 0 Å². The molecule has 0 unspecified atom stereocenters. The van der Waals surface area contributed by atoms with Gasteiger partial charge in [0.25, 0.3) is 0 Å². The third-order valence-corrected chi connectivity index (χ3v) is 1.01. The summed E-state index contributed by atoms with van der Waals surface area (Å²) in [7, 11) is 0. The van der Waals surface area contributed by atoms with Crippen molar-refractivity contribution in [2.75, 3.05) is 0 Å². The molecule has 0 saturated heterocycles. The van der Waals surface area contributed by atoms with Crippen LogP contribution in [-0.4, -0.2) is 6.40 Å². The van der Waals surface area contributed by atoms with E-state index >= 15 is 0 Å². The largest absolute Gasteiger partial charge is 0.446 e. The zero-order valence-corrected chi connectivity index (χ0v) is 5.17. The molecule has 1 rings (SSSR count). The van der Waals surface area contributed by atoms with Gasteiger partial charge in [-0.1, -0.05) is 0 Å². The third-order valence-electron chi connectivity index (χ3n) is 1.01. The highest BCUT2D eigenvalue weighted by atomic mass is 19.1. The predicted octanol–water partition coefficient (Wildman–Crippen LogP) is 1.81. The molecule has 0 heterocycles. The van der Waals surface area contributed by atoms with Crippen molar-refractivity contribution in [1.82, 2.24) is 0 Å². The van der Waals surface area contributed by atoms with E-state index in [9.17, 15) is 4.39 Å². The topological polar surface area (TPSA) is 33.1 Å². The first-order valence-corrected chi connectivity index (χ1v) is 2.74. The lowest BCUT2D eigenvalue weighted by molar-refractivity contribution is 0.563. The fraction of sp³-hybridized carbons (Fsp3) is 0. The van der Waals surface area contributed by atoms with Crippen LogP contribution in [0.15, 0.2) is 24.3 Å². The van der Waals surface area contributed by atoms with Gasteiger partial charge in [-0.25, -0.2) is 4.39 Å². The number of hydrogen-bond donors (Lipinski definition) is 1. The molecule has 1 N–H and O–H groups in total. The first kappa shape index (κ1) is 6.74. The van der Waals surface area contributed by atoms with Crippen LogP contribution in [0, 0.1) is 11.2 Å². The number of halogens is 1. The molecule has 1 aromatic carbocycles. The Hall–Kier alpha value is -1.38. The molecule has 0 aliphatic heterocycles. The average Bonchev–Trinajstić information content (AvgIpc) is 1.95. The fourth-order valence-electron chi connectivity index (χ4n) is 0.581. The number of ether oxygens (including phenoxy) is 1. The summed E-state index contributed by atoms with van der Waals surface area (Å²) in [5.74, 6) is 0.161. The van der Waals surface area contributed by atoms with Gasteiger partial charge >= 0.3 is 0 Å². The Bertz CT molecular complexity index is 220. The smallest absolute Gasteiger partial charge is 0.173 e. The highest BCUT2D eigenvalue weighted by molar-refractivity contribution is 5.47. The SMILES string of the molecule is N=COc1ccc(F)cc1. The van der Waals surface area contributed by atoms with Crippen LogP contribution in [0.4, 0.5) is 4.39 Å². The monoisotopic (exact) mass is 139 g/mol. The Labute approximate surface area is 57.8 Å². The number of benzene rings is 1. The maximum Gasteiger partial charge on any atom is 0.173 e. The standard InChI is InChI=1S/C7H6FNO/c8-6-1-3-7(4-2-6)10-5-9/h1-5,9H. The van der Waals surface area contributed by atoms with Crippen molar-refractivity contribution in [3.8, 4) is 5.75 Å². The van der Waals surface area contributed by atoms with E-state index < -0.39 is 0 Å². The van der Waals surface area contributed by atoms with E-state index in [2.05, 4.69) is 4.74 Å². The molecule has 0 aliphatic carbocycles. The van der Waals surface area contributed by atoms with Crippen molar-refractivity contribution in [1.29, 1.82) is 5.41 Å². The summed E-state index contributed by atoms with van der Waals surface area (Å²) in [5, 5.41) is 6.55. The van der Waals surface area contributed by atoms with E-state index in [-0.39, 0.29) is 5.82 Å². The first-order valence-electron chi connectivity index (χ1n) is 2.74. The van der Waals surface area contributed by atoms with Crippen LogP contribution in [0.3, 0.4) is 0 Å². The van der Waals surface area contributed by atoms with Crippen molar-refractivity contribution in [3.05, 3.63) is 30.1 Å². The highest BCUT2D eigenvalue weighted by Gasteiger charge is 1.90. The highest BCUT2D eigenvalue weighted by Crippen LogP contribution is 2.09. The van der Waals surface area contributed by atoms with E-state index in [0.29, 0.717) is 5.75 Å². The first-order chi connectivity index (χ1) is 4.83. The number of rotatable bonds is 2. The van der Waals surface area contributed by atoms with Gasteiger partial charge in [-0.3, -0.25) is 5.41 Å². The van der Waals surface area contributed by atoms with Crippen molar-refractivity contribution < 1.29 is 9.13 Å². The molecule has 0 aliphatic rings. The Balaban J connectivity index is 2.78. The quantitative estimate of drug-likeness (QED) is 0.492. The minimum atomic E-state index is -0.308. The maximum absolute atomic E-state index is 12.2. The van der Waals surface area contributed by atoms with Crippen LogP contribution in [0.25, 0.3) is 0 Å². The lowest BCUT2D eigenvalue weighted by atomic mass is 10.3. The molecule has 52 valence electrons. The molecular formula is C7H6FNO. The summed E-state index contributed by atoms with van der Waals surface area (Å²) in [6.07, 6.45) is 0.799. The van der Waals surface area contributed by atoms with E-state index in [4.69, 9.17) is 5.41 Å². The minimum Gasteiger partial charge on any atom is -0.446 e. The Morgan fingerprint density at radius 1 is 1.30 bits per heavy atom. The van der Waals surface area contributed by atoms with E-state index in [1.165, 1.54) is 24.3 Å². The zero-order chi connectivity index (χ0) is 7.40. The predicted molar refractivity (Wildman–Crippen MR) is 35.8 cm³/mol. The summed E-state index contributed by atoms with van der Waals surface area (Å²) in [6.45, 7) is 0. The molecule has 0 amide bonds. The third kappa shape index (κ3) is 1.55. The molecule has 0 aromatic heterocycles. The normalized spacial score (nSPS) is 8.90. The van der Waals surface area contributed by atoms with Gasteiger partial charge in [0, 0.05) is 0 Å². The average molecular weight is 139 g/mol. The molecule has 0 spiro atoms. The van der Waals surface area contributed by atoms with Crippen LogP contribution in [0.5, 0.6) is 5.75 Å². The molecular weight excluding hydrogens is 133 g/mol. The van der Waals surface area contributed by atoms with Gasteiger partial charge < -0.3 is 4.74 Å². The number of nitrogens with one attached hydrogen (secondary N) is 1. The molecule has 0 atom stereocenters. The van der Waals surface area contributed by atoms with Gasteiger partial charge in [-0.05, 0) is 24.3 Å². The molecule has 10 heavy (non-hydrogen) atoms. The second-order valence-electron chi connectivity index (χ2n) is 1.69. The summed E-state index contributed by atoms with van der Waals surface area (Å²) in [4.78, 5) is 0. The second kappa shape index (κ2) is 2.96. The van der Waals surface area contributed by atoms with Gasteiger partial charge in [-0.2, -0.15) is 0 Å². The van der Waals surface area contributed by atoms with Crippen molar-refractivity contribution in [2.45, 2.75) is 0 Å². The zero-order valence-electron chi connectivity index (χ0n) is 5.17. The molecule has 0 fully saturated rings. The van der Waals surface area contributed by atoms with Gasteiger partial charge in [0.1, 0.15) is 11.6 Å². The van der Waals surface area contributed by atoms with Crippen LogP contribution >= 0.6 is 0 Å². The lowest BCUT2D eigenvalue weighted by Crippen LogP contribution is -1.86. The summed E-state index contributed by atoms with van der Waals surface area (Å²) < 4.78 is 16.9. The Kier molecular flexibility index (Phi) is 1.99. The molecule has 2 nitrogen and oxygen atoms in total. The van der Waals surface area contributed by atoms with Crippen molar-refractivity contribution >= 4 is 6.40 Å². The van der Waals surface area contributed by atoms with Gasteiger partial charge in [0.05, 0.1) is 0 Å². The van der Waals surface area contributed by atoms with Crippen LogP contribution < -0.4 is 4.74 Å². The van der Waals surface area contributed by atoms with E-state index in [1.807, 2.05) is 0 Å². The Morgan fingerprint density at radius 2 is 1.90 bits per heavy atom.